The van der Waals surface area contributed by atoms with E-state index in [0.29, 0.717) is 0 Å². The second-order valence-corrected chi connectivity index (χ2v) is 7.53. The van der Waals surface area contributed by atoms with Gasteiger partial charge >= 0.3 is 11.4 Å². The molecule has 1 heterocycles. The van der Waals surface area contributed by atoms with Crippen LogP contribution in [0.2, 0.25) is 0 Å². The lowest BCUT2D eigenvalue weighted by Crippen LogP contribution is -2.33. The monoisotopic (exact) mass is 324 g/mol. The maximum atomic E-state index is 11.0. The maximum Gasteiger partial charge on any atom is 0.305 e. The van der Waals surface area contributed by atoms with Crippen LogP contribution in [0.4, 0.5) is 0 Å². The summed E-state index contributed by atoms with van der Waals surface area (Å²) in [7, 11) is -7.38. The molecule has 0 aromatic heterocycles. The van der Waals surface area contributed by atoms with Crippen LogP contribution in [0.5, 0.6) is 0 Å². The summed E-state index contributed by atoms with van der Waals surface area (Å²) in [4.78, 5) is 0. The van der Waals surface area contributed by atoms with Gasteiger partial charge in [-0.2, -0.15) is 21.0 Å². The summed E-state index contributed by atoms with van der Waals surface area (Å²) in [5.74, 6) is 0. The van der Waals surface area contributed by atoms with Crippen LogP contribution in [0.3, 0.4) is 0 Å². The molecule has 0 saturated carbocycles. The molecule has 0 radical (unpaired) electrons. The minimum absolute atomic E-state index is 0.442. The summed E-state index contributed by atoms with van der Waals surface area (Å²) in [5, 5.41) is 0. The highest BCUT2D eigenvalue weighted by Gasteiger charge is 2.37. The van der Waals surface area contributed by atoms with E-state index in [0.717, 1.165) is 12.5 Å². The summed E-state index contributed by atoms with van der Waals surface area (Å²) in [6.07, 6.45) is -0.326. The molecule has 12 heteroatoms. The summed E-state index contributed by atoms with van der Waals surface area (Å²) in [6, 6.07) is 0. The molecule has 2 atom stereocenters. The quantitative estimate of drug-likeness (QED) is 0.526. The Morgan fingerprint density at radius 1 is 0.944 bits per heavy atom. The van der Waals surface area contributed by atoms with Crippen molar-refractivity contribution in [3.05, 3.63) is 0 Å². The fourth-order valence-electron chi connectivity index (χ4n) is 1.000. The van der Waals surface area contributed by atoms with Gasteiger partial charge in [0.25, 0.3) is 20.2 Å². The van der Waals surface area contributed by atoms with Crippen molar-refractivity contribution in [1.82, 2.24) is 0 Å². The Morgan fingerprint density at radius 3 is 1.56 bits per heavy atom. The Bertz CT molecular complexity index is 460. The molecular weight excluding hydrogens is 312 g/mol. The van der Waals surface area contributed by atoms with E-state index in [4.69, 9.17) is 8.37 Å². The van der Waals surface area contributed by atoms with Crippen LogP contribution in [0.25, 0.3) is 0 Å². The van der Waals surface area contributed by atoms with Gasteiger partial charge in [-0.05, 0) is 0 Å². The van der Waals surface area contributed by atoms with Gasteiger partial charge in [0.1, 0.15) is 12.2 Å². The zero-order valence-corrected chi connectivity index (χ0v) is 11.9. The average Bonchev–Trinajstić information content (AvgIpc) is 2.51. The zero-order valence-electron chi connectivity index (χ0n) is 9.47. The van der Waals surface area contributed by atoms with E-state index in [9.17, 15) is 21.0 Å². The Kier molecular flexibility index (Phi) is 5.22. The fraction of sp³-hybridized carbons (Fsp3) is 1.00. The van der Waals surface area contributed by atoms with E-state index >= 15 is 0 Å². The average molecular weight is 324 g/mol. The van der Waals surface area contributed by atoms with Crippen LogP contribution in [0.1, 0.15) is 0 Å². The fourth-order valence-corrected chi connectivity index (χ4v) is 2.57. The molecule has 0 bridgehead atoms. The van der Waals surface area contributed by atoms with Crippen molar-refractivity contribution in [1.29, 1.82) is 0 Å². The molecular formula is C6H12O9S3. The molecule has 1 saturated heterocycles. The third-order valence-corrected chi connectivity index (χ3v) is 3.65. The molecule has 1 fully saturated rings. The summed E-state index contributed by atoms with van der Waals surface area (Å²) in [6.45, 7) is -0.884. The van der Waals surface area contributed by atoms with Crippen molar-refractivity contribution >= 4 is 31.6 Å². The molecule has 1 rings (SSSR count). The van der Waals surface area contributed by atoms with Gasteiger partial charge in [0.2, 0.25) is 0 Å². The maximum absolute atomic E-state index is 11.0. The lowest BCUT2D eigenvalue weighted by Gasteiger charge is -2.13. The molecule has 2 unspecified atom stereocenters. The first-order valence-electron chi connectivity index (χ1n) is 4.52. The topological polar surface area (TPSA) is 122 Å². The lowest BCUT2D eigenvalue weighted by molar-refractivity contribution is 0.0713. The van der Waals surface area contributed by atoms with Crippen molar-refractivity contribution in [3.63, 3.8) is 0 Å². The molecule has 1 aliphatic heterocycles. The van der Waals surface area contributed by atoms with Crippen LogP contribution >= 0.6 is 0 Å². The molecule has 0 N–H and O–H groups in total. The molecule has 9 nitrogen and oxygen atoms in total. The largest absolute Gasteiger partial charge is 0.305 e. The summed E-state index contributed by atoms with van der Waals surface area (Å²) in [5.41, 5.74) is 0. The van der Waals surface area contributed by atoms with E-state index in [-0.39, 0.29) is 0 Å². The van der Waals surface area contributed by atoms with Crippen LogP contribution in [-0.2, 0) is 48.3 Å². The molecule has 0 amide bonds. The van der Waals surface area contributed by atoms with Gasteiger partial charge in [-0.15, -0.1) is 0 Å². The minimum Gasteiger partial charge on any atom is -0.267 e. The first-order valence-corrected chi connectivity index (χ1v) is 9.15. The number of hydrogen-bond acceptors (Lipinski definition) is 9. The molecule has 1 aliphatic rings. The van der Waals surface area contributed by atoms with Gasteiger partial charge in [0.15, 0.2) is 0 Å². The first-order chi connectivity index (χ1) is 8.07. The van der Waals surface area contributed by atoms with Crippen LogP contribution < -0.4 is 0 Å². The highest BCUT2D eigenvalue weighted by Crippen LogP contribution is 2.19. The van der Waals surface area contributed by atoms with Gasteiger partial charge in [0, 0.05) is 0 Å². The zero-order chi connectivity index (χ0) is 14.0. The molecule has 0 aromatic carbocycles. The molecule has 0 aromatic rings. The van der Waals surface area contributed by atoms with E-state index in [1.54, 1.807) is 0 Å². The third kappa shape index (κ3) is 6.17. The Hall–Kier alpha value is -0.110. The molecule has 0 aliphatic carbocycles. The van der Waals surface area contributed by atoms with Crippen LogP contribution in [-0.4, -0.2) is 59.0 Å². The van der Waals surface area contributed by atoms with E-state index in [1.165, 1.54) is 0 Å². The normalized spacial score (nSPS) is 29.6. The standard InChI is InChI=1S/C6H12O9S3/c1-17(8,9)12-3-5-6(15-16(7)14-5)4-13-18(2,10)11/h5-6H,3-4H2,1-2H3. The molecule has 108 valence electrons. The highest BCUT2D eigenvalue weighted by molar-refractivity contribution is 7.86. The van der Waals surface area contributed by atoms with E-state index in [2.05, 4.69) is 8.37 Å². The molecule has 18 heavy (non-hydrogen) atoms. The van der Waals surface area contributed by atoms with Crippen molar-refractivity contribution in [3.8, 4) is 0 Å². The van der Waals surface area contributed by atoms with Gasteiger partial charge < -0.3 is 0 Å². The van der Waals surface area contributed by atoms with E-state index < -0.39 is 57.0 Å². The molecule has 0 spiro atoms. The van der Waals surface area contributed by atoms with Gasteiger partial charge in [-0.25, -0.2) is 0 Å². The Labute approximate surface area is 107 Å². The minimum atomic E-state index is -3.69. The first kappa shape index (κ1) is 15.9. The number of hydrogen-bond donors (Lipinski definition) is 0. The Balaban J connectivity index is 2.56. The smallest absolute Gasteiger partial charge is 0.267 e. The highest BCUT2D eigenvalue weighted by atomic mass is 32.2. The third-order valence-electron chi connectivity index (χ3n) is 1.71. The van der Waals surface area contributed by atoms with Crippen LogP contribution in [0, 0.1) is 0 Å². The van der Waals surface area contributed by atoms with Crippen molar-refractivity contribution in [2.75, 3.05) is 25.7 Å². The predicted octanol–water partition coefficient (Wildman–Crippen LogP) is -1.70. The van der Waals surface area contributed by atoms with Gasteiger partial charge in [0.05, 0.1) is 25.7 Å². The van der Waals surface area contributed by atoms with Crippen molar-refractivity contribution in [2.45, 2.75) is 12.2 Å². The second-order valence-electron chi connectivity index (χ2n) is 3.45. The SMILES string of the molecule is CS(=O)(=O)OCC1OS(=O)OC1COS(C)(=O)=O. The van der Waals surface area contributed by atoms with Crippen molar-refractivity contribution < 1.29 is 37.8 Å². The van der Waals surface area contributed by atoms with E-state index in [1.807, 2.05) is 0 Å². The van der Waals surface area contributed by atoms with Crippen LogP contribution in [0.15, 0.2) is 0 Å². The van der Waals surface area contributed by atoms with Gasteiger partial charge in [-0.1, -0.05) is 0 Å². The number of rotatable bonds is 6. The second kappa shape index (κ2) is 5.90. The lowest BCUT2D eigenvalue weighted by atomic mass is 10.2. The summed E-state index contributed by atoms with van der Waals surface area (Å²) >= 11 is -2.09. The van der Waals surface area contributed by atoms with Crippen molar-refractivity contribution in [2.24, 2.45) is 0 Å². The van der Waals surface area contributed by atoms with Gasteiger partial charge in [-0.3, -0.25) is 16.7 Å². The summed E-state index contributed by atoms with van der Waals surface area (Å²) < 4.78 is 72.4. The predicted molar refractivity (Wildman–Crippen MR) is 59.5 cm³/mol. The Morgan fingerprint density at radius 2 is 1.28 bits per heavy atom.